The van der Waals surface area contributed by atoms with Crippen LogP contribution < -0.4 is 15.8 Å². The third-order valence-electron chi connectivity index (χ3n) is 3.12. The zero-order valence-corrected chi connectivity index (χ0v) is 11.3. The zero-order chi connectivity index (χ0) is 14.5. The average molecular weight is 278 g/mol. The van der Waals surface area contributed by atoms with Crippen LogP contribution in [0.2, 0.25) is 0 Å². The van der Waals surface area contributed by atoms with Crippen LogP contribution in [0.15, 0.2) is 24.3 Å². The smallest absolute Gasteiger partial charge is 0.248 e. The van der Waals surface area contributed by atoms with Crippen LogP contribution in [0.25, 0.3) is 0 Å². The normalized spacial score (nSPS) is 22.1. The lowest BCUT2D eigenvalue weighted by molar-refractivity contribution is -0.121. The molecule has 0 aliphatic carbocycles. The fourth-order valence-electron chi connectivity index (χ4n) is 2.13. The van der Waals surface area contributed by atoms with Gasteiger partial charge in [0, 0.05) is 19.1 Å². The highest BCUT2D eigenvalue weighted by Gasteiger charge is 2.28. The van der Waals surface area contributed by atoms with Crippen molar-refractivity contribution in [2.75, 3.05) is 13.2 Å². The van der Waals surface area contributed by atoms with Crippen molar-refractivity contribution in [3.8, 4) is 5.75 Å². The molecule has 2 amide bonds. The van der Waals surface area contributed by atoms with Crippen LogP contribution in [0, 0.1) is 0 Å². The summed E-state index contributed by atoms with van der Waals surface area (Å²) in [6, 6.07) is 6.50. The maximum absolute atomic E-state index is 11.2. The molecular formula is C14H18N2O4. The van der Waals surface area contributed by atoms with Gasteiger partial charge in [-0.25, -0.2) is 0 Å². The SMILES string of the molecule is CC(=O)N[C@@H]1CCOC[C@H]1Oc1ccc(C(N)=O)cc1. The summed E-state index contributed by atoms with van der Waals surface area (Å²) in [5.41, 5.74) is 5.60. The van der Waals surface area contributed by atoms with Crippen LogP contribution in [0.5, 0.6) is 5.75 Å². The first-order chi connectivity index (χ1) is 9.56. The monoisotopic (exact) mass is 278 g/mol. The lowest BCUT2D eigenvalue weighted by Gasteiger charge is -2.32. The summed E-state index contributed by atoms with van der Waals surface area (Å²) in [4.78, 5) is 22.2. The minimum atomic E-state index is -0.478. The minimum Gasteiger partial charge on any atom is -0.486 e. The lowest BCUT2D eigenvalue weighted by Crippen LogP contribution is -2.50. The van der Waals surface area contributed by atoms with Gasteiger partial charge in [-0.1, -0.05) is 0 Å². The molecule has 1 aliphatic rings. The van der Waals surface area contributed by atoms with E-state index in [1.54, 1.807) is 24.3 Å². The number of hydrogen-bond acceptors (Lipinski definition) is 4. The molecule has 20 heavy (non-hydrogen) atoms. The molecule has 1 saturated heterocycles. The fraction of sp³-hybridized carbons (Fsp3) is 0.429. The standard InChI is InChI=1S/C14H18N2O4/c1-9(17)16-12-6-7-19-8-13(12)20-11-4-2-10(3-5-11)14(15)18/h2-5,12-13H,6-8H2,1H3,(H2,15,18)(H,16,17)/t12-,13-/m1/s1. The Morgan fingerprint density at radius 3 is 2.65 bits per heavy atom. The molecule has 1 aliphatic heterocycles. The average Bonchev–Trinajstić information content (AvgIpc) is 2.41. The second-order valence-corrected chi connectivity index (χ2v) is 4.72. The van der Waals surface area contributed by atoms with Crippen LogP contribution in [0.4, 0.5) is 0 Å². The highest BCUT2D eigenvalue weighted by Crippen LogP contribution is 2.18. The number of primary amides is 1. The second kappa shape index (κ2) is 6.38. The highest BCUT2D eigenvalue weighted by atomic mass is 16.5. The van der Waals surface area contributed by atoms with E-state index in [4.69, 9.17) is 15.2 Å². The first-order valence-electron chi connectivity index (χ1n) is 6.47. The van der Waals surface area contributed by atoms with E-state index < -0.39 is 5.91 Å². The molecule has 1 fully saturated rings. The van der Waals surface area contributed by atoms with Crippen molar-refractivity contribution in [2.45, 2.75) is 25.5 Å². The summed E-state index contributed by atoms with van der Waals surface area (Å²) in [6.07, 6.45) is 0.468. The van der Waals surface area contributed by atoms with E-state index in [9.17, 15) is 9.59 Å². The van der Waals surface area contributed by atoms with Crippen LogP contribution >= 0.6 is 0 Å². The third kappa shape index (κ3) is 3.71. The number of ether oxygens (including phenoxy) is 2. The number of amides is 2. The van der Waals surface area contributed by atoms with Crippen molar-refractivity contribution >= 4 is 11.8 Å². The quantitative estimate of drug-likeness (QED) is 0.837. The van der Waals surface area contributed by atoms with Crippen molar-refractivity contribution in [3.05, 3.63) is 29.8 Å². The van der Waals surface area contributed by atoms with Crippen molar-refractivity contribution < 1.29 is 19.1 Å². The van der Waals surface area contributed by atoms with E-state index >= 15 is 0 Å². The van der Waals surface area contributed by atoms with Crippen molar-refractivity contribution in [1.29, 1.82) is 0 Å². The molecule has 0 radical (unpaired) electrons. The number of hydrogen-bond donors (Lipinski definition) is 2. The zero-order valence-electron chi connectivity index (χ0n) is 11.3. The van der Waals surface area contributed by atoms with E-state index in [1.807, 2.05) is 0 Å². The van der Waals surface area contributed by atoms with Gasteiger partial charge in [0.25, 0.3) is 0 Å². The molecule has 0 unspecified atom stereocenters. The summed E-state index contributed by atoms with van der Waals surface area (Å²) in [5.74, 6) is 0.0455. The summed E-state index contributed by atoms with van der Waals surface area (Å²) >= 11 is 0. The Kier molecular flexibility index (Phi) is 4.57. The Balaban J connectivity index is 2.02. The van der Waals surface area contributed by atoms with E-state index in [2.05, 4.69) is 5.32 Å². The van der Waals surface area contributed by atoms with E-state index in [0.717, 1.165) is 0 Å². The van der Waals surface area contributed by atoms with Gasteiger partial charge >= 0.3 is 0 Å². The number of benzene rings is 1. The molecule has 1 heterocycles. The molecule has 0 saturated carbocycles. The van der Waals surface area contributed by atoms with E-state index in [0.29, 0.717) is 30.9 Å². The molecule has 0 spiro atoms. The maximum Gasteiger partial charge on any atom is 0.248 e. The molecule has 0 bridgehead atoms. The van der Waals surface area contributed by atoms with E-state index in [1.165, 1.54) is 6.92 Å². The van der Waals surface area contributed by atoms with Crippen LogP contribution in [-0.2, 0) is 9.53 Å². The number of rotatable bonds is 4. The molecule has 1 aromatic carbocycles. The van der Waals surface area contributed by atoms with E-state index in [-0.39, 0.29) is 18.1 Å². The summed E-state index contributed by atoms with van der Waals surface area (Å²) in [5, 5.41) is 2.86. The predicted octanol–water partition coefficient (Wildman–Crippen LogP) is 0.458. The molecule has 2 atom stereocenters. The molecule has 2 rings (SSSR count). The molecule has 6 heteroatoms. The summed E-state index contributed by atoms with van der Waals surface area (Å²) in [7, 11) is 0. The van der Waals surface area contributed by atoms with Gasteiger partial charge in [0.15, 0.2) is 0 Å². The number of carbonyl (C=O) groups excluding carboxylic acids is 2. The van der Waals surface area contributed by atoms with Gasteiger partial charge in [-0.05, 0) is 30.7 Å². The predicted molar refractivity (Wildman–Crippen MR) is 72.4 cm³/mol. The van der Waals surface area contributed by atoms with Crippen LogP contribution in [0.1, 0.15) is 23.7 Å². The first kappa shape index (κ1) is 14.3. The van der Waals surface area contributed by atoms with Crippen molar-refractivity contribution in [3.63, 3.8) is 0 Å². The first-order valence-corrected chi connectivity index (χ1v) is 6.47. The number of nitrogens with two attached hydrogens (primary N) is 1. The Hall–Kier alpha value is -2.08. The minimum absolute atomic E-state index is 0.0722. The van der Waals surface area contributed by atoms with Gasteiger partial charge in [0.1, 0.15) is 11.9 Å². The Morgan fingerprint density at radius 1 is 1.35 bits per heavy atom. The highest BCUT2D eigenvalue weighted by molar-refractivity contribution is 5.92. The Labute approximate surface area is 117 Å². The molecule has 0 aromatic heterocycles. The number of nitrogens with one attached hydrogen (secondary N) is 1. The van der Waals surface area contributed by atoms with Gasteiger partial charge < -0.3 is 20.5 Å². The van der Waals surface area contributed by atoms with Crippen LogP contribution in [0.3, 0.4) is 0 Å². The Morgan fingerprint density at radius 2 is 2.05 bits per heavy atom. The van der Waals surface area contributed by atoms with Gasteiger partial charge in [0.2, 0.25) is 11.8 Å². The topological polar surface area (TPSA) is 90.7 Å². The van der Waals surface area contributed by atoms with Crippen molar-refractivity contribution in [2.24, 2.45) is 5.73 Å². The molecule has 1 aromatic rings. The molecule has 108 valence electrons. The maximum atomic E-state index is 11.2. The summed E-state index contributed by atoms with van der Waals surface area (Å²) in [6.45, 7) is 2.50. The Bertz CT molecular complexity index is 486. The molecule has 3 N–H and O–H groups in total. The van der Waals surface area contributed by atoms with Gasteiger partial charge in [-0.3, -0.25) is 9.59 Å². The van der Waals surface area contributed by atoms with Gasteiger partial charge in [0.05, 0.1) is 12.6 Å². The van der Waals surface area contributed by atoms with Gasteiger partial charge in [-0.2, -0.15) is 0 Å². The second-order valence-electron chi connectivity index (χ2n) is 4.72. The van der Waals surface area contributed by atoms with Crippen molar-refractivity contribution in [1.82, 2.24) is 5.32 Å². The lowest BCUT2D eigenvalue weighted by atomic mass is 10.1. The molecule has 6 nitrogen and oxygen atoms in total. The fourth-order valence-corrected chi connectivity index (χ4v) is 2.13. The summed E-state index contributed by atoms with van der Waals surface area (Å²) < 4.78 is 11.2. The number of carbonyl (C=O) groups is 2. The van der Waals surface area contributed by atoms with Crippen LogP contribution in [-0.4, -0.2) is 37.2 Å². The third-order valence-corrected chi connectivity index (χ3v) is 3.12. The largest absolute Gasteiger partial charge is 0.486 e. The van der Waals surface area contributed by atoms with Gasteiger partial charge in [-0.15, -0.1) is 0 Å². The molecular weight excluding hydrogens is 260 g/mol.